The van der Waals surface area contributed by atoms with Gasteiger partial charge in [-0.3, -0.25) is 14.4 Å². The summed E-state index contributed by atoms with van der Waals surface area (Å²) in [4.78, 5) is 48.0. The minimum atomic E-state index is -1.38. The van der Waals surface area contributed by atoms with Crippen LogP contribution in [0.2, 0.25) is 0 Å². The first kappa shape index (κ1) is 27.1. The van der Waals surface area contributed by atoms with Crippen LogP contribution in [0, 0.1) is 0 Å². The van der Waals surface area contributed by atoms with Gasteiger partial charge in [-0.2, -0.15) is 11.8 Å². The van der Waals surface area contributed by atoms with Crippen LogP contribution in [0.5, 0.6) is 0 Å². The SMILES string of the molecule is CSCCC(NC(=O)CN)C(=O)NC(C(=O)NC(CCCCN)C(=O)O)C(C)O. The number of carboxylic acid groups (broad SMARTS) is 1. The minimum Gasteiger partial charge on any atom is -0.480 e. The van der Waals surface area contributed by atoms with Crippen LogP contribution in [-0.4, -0.2) is 83.2 Å². The minimum absolute atomic E-state index is 0.168. The Labute approximate surface area is 174 Å². The highest BCUT2D eigenvalue weighted by Gasteiger charge is 2.31. The fourth-order valence-corrected chi connectivity index (χ4v) is 2.90. The number of carboxylic acids is 1. The number of carbonyl (C=O) groups is 4. The summed E-state index contributed by atoms with van der Waals surface area (Å²) in [6.07, 6.45) is 2.12. The van der Waals surface area contributed by atoms with Gasteiger partial charge in [0, 0.05) is 0 Å². The molecule has 0 aromatic rings. The van der Waals surface area contributed by atoms with E-state index in [-0.39, 0.29) is 13.0 Å². The van der Waals surface area contributed by atoms with E-state index in [0.717, 1.165) is 0 Å². The molecule has 3 amide bonds. The molecule has 11 nitrogen and oxygen atoms in total. The molecule has 0 saturated heterocycles. The zero-order valence-corrected chi connectivity index (χ0v) is 17.7. The maximum atomic E-state index is 12.6. The standard InChI is InChI=1S/C17H33N5O6S/c1-10(23)14(16(26)21-12(17(27)28)5-3-4-7-18)22-15(25)11(6-8-29-2)20-13(24)9-19/h10-12,14,23H,3-9,18-19H2,1-2H3,(H,20,24)(H,21,26)(H,22,25)(H,27,28). The zero-order chi connectivity index (χ0) is 22.4. The number of hydrogen-bond donors (Lipinski definition) is 7. The van der Waals surface area contributed by atoms with E-state index in [0.29, 0.717) is 31.6 Å². The van der Waals surface area contributed by atoms with E-state index in [4.69, 9.17) is 11.5 Å². The lowest BCUT2D eigenvalue weighted by atomic mass is 10.1. The average Bonchev–Trinajstić information content (AvgIpc) is 2.67. The Kier molecular flexibility index (Phi) is 14.0. The molecule has 0 aromatic heterocycles. The molecule has 0 aromatic carbocycles. The molecule has 0 bridgehead atoms. The number of unbranched alkanes of at least 4 members (excludes halogenated alkanes) is 1. The van der Waals surface area contributed by atoms with Crippen LogP contribution in [0.25, 0.3) is 0 Å². The van der Waals surface area contributed by atoms with Gasteiger partial charge in [-0.15, -0.1) is 0 Å². The Bertz CT molecular complexity index is 548. The highest BCUT2D eigenvalue weighted by atomic mass is 32.2. The molecule has 0 saturated carbocycles. The number of nitrogens with two attached hydrogens (primary N) is 2. The highest BCUT2D eigenvalue weighted by Crippen LogP contribution is 2.05. The first-order chi connectivity index (χ1) is 13.7. The van der Waals surface area contributed by atoms with Crippen molar-refractivity contribution >= 4 is 35.5 Å². The molecule has 29 heavy (non-hydrogen) atoms. The molecule has 12 heteroatoms. The van der Waals surface area contributed by atoms with Gasteiger partial charge in [0.2, 0.25) is 17.7 Å². The number of aliphatic hydroxyl groups is 1. The third-order valence-corrected chi connectivity index (χ3v) is 4.72. The molecule has 0 rings (SSSR count). The fraction of sp³-hybridized carbons (Fsp3) is 0.765. The number of nitrogens with one attached hydrogen (secondary N) is 3. The van der Waals surface area contributed by atoms with Crippen LogP contribution in [0.3, 0.4) is 0 Å². The summed E-state index contributed by atoms with van der Waals surface area (Å²) in [6.45, 7) is 1.40. The van der Waals surface area contributed by atoms with Crippen molar-refractivity contribution in [3.63, 3.8) is 0 Å². The highest BCUT2D eigenvalue weighted by molar-refractivity contribution is 7.98. The van der Waals surface area contributed by atoms with Crippen molar-refractivity contribution in [2.45, 2.75) is 56.8 Å². The summed E-state index contributed by atoms with van der Waals surface area (Å²) in [6, 6.07) is -3.49. The van der Waals surface area contributed by atoms with Crippen LogP contribution >= 0.6 is 11.8 Å². The van der Waals surface area contributed by atoms with Gasteiger partial charge in [0.15, 0.2) is 0 Å². The number of thioether (sulfide) groups is 1. The van der Waals surface area contributed by atoms with Crippen molar-refractivity contribution in [3.8, 4) is 0 Å². The van der Waals surface area contributed by atoms with E-state index >= 15 is 0 Å². The molecule has 9 N–H and O–H groups in total. The molecular formula is C17H33N5O6S. The summed E-state index contributed by atoms with van der Waals surface area (Å²) in [5, 5.41) is 26.4. The van der Waals surface area contributed by atoms with E-state index in [1.807, 2.05) is 6.26 Å². The molecule has 0 heterocycles. The molecule has 4 unspecified atom stereocenters. The monoisotopic (exact) mass is 435 g/mol. The summed E-state index contributed by atoms with van der Waals surface area (Å²) in [7, 11) is 0. The summed E-state index contributed by atoms with van der Waals surface area (Å²) >= 11 is 1.47. The first-order valence-corrected chi connectivity index (χ1v) is 10.8. The number of hydrogen-bond acceptors (Lipinski definition) is 8. The molecule has 0 fully saturated rings. The molecule has 0 spiro atoms. The molecule has 0 aliphatic rings. The lowest BCUT2D eigenvalue weighted by molar-refractivity contribution is -0.143. The molecule has 0 aliphatic carbocycles. The summed E-state index contributed by atoms with van der Waals surface area (Å²) in [5.41, 5.74) is 10.7. The molecule has 168 valence electrons. The Morgan fingerprint density at radius 2 is 1.62 bits per heavy atom. The first-order valence-electron chi connectivity index (χ1n) is 9.37. The number of carbonyl (C=O) groups excluding carboxylic acids is 3. The number of aliphatic hydroxyl groups excluding tert-OH is 1. The maximum absolute atomic E-state index is 12.6. The average molecular weight is 436 g/mol. The van der Waals surface area contributed by atoms with Gasteiger partial charge in [0.1, 0.15) is 18.1 Å². The van der Waals surface area contributed by atoms with Crippen molar-refractivity contribution in [2.75, 3.05) is 25.1 Å². The van der Waals surface area contributed by atoms with Crippen LogP contribution in [0.15, 0.2) is 0 Å². The smallest absolute Gasteiger partial charge is 0.326 e. The number of aliphatic carboxylic acids is 1. The topological polar surface area (TPSA) is 197 Å². The van der Waals surface area contributed by atoms with Crippen LogP contribution in [0.4, 0.5) is 0 Å². The number of amides is 3. The maximum Gasteiger partial charge on any atom is 0.326 e. The van der Waals surface area contributed by atoms with Crippen LogP contribution in [-0.2, 0) is 19.2 Å². The van der Waals surface area contributed by atoms with E-state index in [1.165, 1.54) is 18.7 Å². The summed E-state index contributed by atoms with van der Waals surface area (Å²) in [5.74, 6) is -2.69. The predicted molar refractivity (Wildman–Crippen MR) is 110 cm³/mol. The summed E-state index contributed by atoms with van der Waals surface area (Å²) < 4.78 is 0. The van der Waals surface area contributed by atoms with E-state index in [9.17, 15) is 29.4 Å². The zero-order valence-electron chi connectivity index (χ0n) is 16.8. The van der Waals surface area contributed by atoms with Gasteiger partial charge in [0.25, 0.3) is 0 Å². The van der Waals surface area contributed by atoms with Crippen molar-refractivity contribution in [2.24, 2.45) is 11.5 Å². The Morgan fingerprint density at radius 3 is 2.10 bits per heavy atom. The van der Waals surface area contributed by atoms with Gasteiger partial charge in [-0.1, -0.05) is 0 Å². The second kappa shape index (κ2) is 15.0. The van der Waals surface area contributed by atoms with Gasteiger partial charge < -0.3 is 37.6 Å². The second-order valence-corrected chi connectivity index (χ2v) is 7.50. The van der Waals surface area contributed by atoms with Gasteiger partial charge in [-0.25, -0.2) is 4.79 Å². The van der Waals surface area contributed by atoms with E-state index < -0.39 is 47.9 Å². The van der Waals surface area contributed by atoms with Crippen LogP contribution in [0.1, 0.15) is 32.6 Å². The fourth-order valence-electron chi connectivity index (χ4n) is 2.43. The number of rotatable bonds is 15. The Balaban J connectivity index is 5.15. The molecule has 0 aliphatic heterocycles. The molecule has 4 atom stereocenters. The van der Waals surface area contributed by atoms with E-state index in [1.54, 1.807) is 0 Å². The van der Waals surface area contributed by atoms with E-state index in [2.05, 4.69) is 16.0 Å². The lowest BCUT2D eigenvalue weighted by Gasteiger charge is -2.26. The quantitative estimate of drug-likeness (QED) is 0.139. The van der Waals surface area contributed by atoms with Crippen LogP contribution < -0.4 is 27.4 Å². The lowest BCUT2D eigenvalue weighted by Crippen LogP contribution is -2.59. The van der Waals surface area contributed by atoms with Gasteiger partial charge >= 0.3 is 5.97 Å². The normalized spacial score (nSPS) is 14.9. The van der Waals surface area contributed by atoms with Gasteiger partial charge in [-0.05, 0) is 51.2 Å². The third-order valence-electron chi connectivity index (χ3n) is 4.07. The Morgan fingerprint density at radius 1 is 0.966 bits per heavy atom. The Hall–Kier alpha value is -1.89. The van der Waals surface area contributed by atoms with Gasteiger partial charge in [0.05, 0.1) is 12.6 Å². The molecular weight excluding hydrogens is 402 g/mol. The van der Waals surface area contributed by atoms with Crippen molar-refractivity contribution in [3.05, 3.63) is 0 Å². The second-order valence-electron chi connectivity index (χ2n) is 6.52. The largest absolute Gasteiger partial charge is 0.480 e. The van der Waals surface area contributed by atoms with Crippen molar-refractivity contribution in [1.82, 2.24) is 16.0 Å². The van der Waals surface area contributed by atoms with Crippen molar-refractivity contribution < 1.29 is 29.4 Å². The molecule has 0 radical (unpaired) electrons. The predicted octanol–water partition coefficient (Wildman–Crippen LogP) is -2.25. The van der Waals surface area contributed by atoms with Crippen molar-refractivity contribution in [1.29, 1.82) is 0 Å². The third kappa shape index (κ3) is 11.0.